The summed E-state index contributed by atoms with van der Waals surface area (Å²) in [5, 5.41) is 2.09. The van der Waals surface area contributed by atoms with Gasteiger partial charge in [0.1, 0.15) is 0 Å². The molecule has 1 aliphatic rings. The van der Waals surface area contributed by atoms with Crippen molar-refractivity contribution in [2.75, 3.05) is 13.1 Å². The van der Waals surface area contributed by atoms with E-state index in [2.05, 4.69) is 49.4 Å². The van der Waals surface area contributed by atoms with Crippen molar-refractivity contribution >= 4 is 18.3 Å². The third kappa shape index (κ3) is 5.82. The highest BCUT2D eigenvalue weighted by Gasteiger charge is 2.22. The summed E-state index contributed by atoms with van der Waals surface area (Å²) in [4.78, 5) is 12.6. The summed E-state index contributed by atoms with van der Waals surface area (Å²) in [7, 11) is 0. The third-order valence-electron chi connectivity index (χ3n) is 4.59. The number of carbonyl (C=O) groups is 1. The van der Waals surface area contributed by atoms with E-state index in [1.165, 1.54) is 24.0 Å². The van der Waals surface area contributed by atoms with Gasteiger partial charge in [0.05, 0.1) is 5.92 Å². The summed E-state index contributed by atoms with van der Waals surface area (Å²) < 4.78 is 0. The Morgan fingerprint density at radius 1 is 1.22 bits per heavy atom. The highest BCUT2D eigenvalue weighted by Crippen LogP contribution is 2.23. The van der Waals surface area contributed by atoms with Gasteiger partial charge in [-0.05, 0) is 49.1 Å². The molecular weight excluding hydrogens is 308 g/mol. The number of nitrogens with zero attached hydrogens (tertiary/aromatic N) is 1. The fourth-order valence-electron chi connectivity index (χ4n) is 3.10. The zero-order valence-electron chi connectivity index (χ0n) is 14.8. The van der Waals surface area contributed by atoms with Gasteiger partial charge < -0.3 is 0 Å². The first-order valence-electron chi connectivity index (χ1n) is 8.60. The highest BCUT2D eigenvalue weighted by atomic mass is 35.5. The van der Waals surface area contributed by atoms with Gasteiger partial charge in [-0.25, -0.2) is 5.01 Å². The van der Waals surface area contributed by atoms with Gasteiger partial charge in [-0.2, -0.15) is 0 Å². The van der Waals surface area contributed by atoms with E-state index in [9.17, 15) is 4.79 Å². The quantitative estimate of drug-likeness (QED) is 0.873. The van der Waals surface area contributed by atoms with Gasteiger partial charge in [0, 0.05) is 13.1 Å². The van der Waals surface area contributed by atoms with Crippen LogP contribution in [-0.2, 0) is 11.2 Å². The highest BCUT2D eigenvalue weighted by molar-refractivity contribution is 5.85. The summed E-state index contributed by atoms with van der Waals surface area (Å²) >= 11 is 0. The Morgan fingerprint density at radius 2 is 1.83 bits per heavy atom. The molecular formula is C19H31ClN2O. The summed E-state index contributed by atoms with van der Waals surface area (Å²) in [6, 6.07) is 8.35. The molecule has 1 aromatic rings. The maximum Gasteiger partial charge on any atom is 0.241 e. The third-order valence-corrected chi connectivity index (χ3v) is 4.59. The largest absolute Gasteiger partial charge is 0.288 e. The molecule has 0 bridgehead atoms. The molecule has 23 heavy (non-hydrogen) atoms. The summed E-state index contributed by atoms with van der Waals surface area (Å²) in [6.07, 6.45) is 3.35. The smallest absolute Gasteiger partial charge is 0.241 e. The molecule has 0 spiro atoms. The minimum atomic E-state index is -0.103. The standard InChI is InChI=1S/C19H30N2O.ClH/c1-14(2)13-17-7-5-6-8-18(17)16(4)19(22)20-21-11-9-15(3)10-12-21;/h5-8,14-16H,9-13H2,1-4H3,(H,20,22);1H. The number of piperidine rings is 1. The van der Waals surface area contributed by atoms with E-state index in [0.29, 0.717) is 5.92 Å². The molecule has 1 N–H and O–H groups in total. The predicted molar refractivity (Wildman–Crippen MR) is 98.8 cm³/mol. The zero-order chi connectivity index (χ0) is 16.1. The van der Waals surface area contributed by atoms with Gasteiger partial charge >= 0.3 is 0 Å². The molecule has 1 amide bonds. The molecule has 2 rings (SSSR count). The number of hydrazine groups is 1. The van der Waals surface area contributed by atoms with E-state index in [4.69, 9.17) is 0 Å². The molecule has 1 fully saturated rings. The fourth-order valence-corrected chi connectivity index (χ4v) is 3.10. The lowest BCUT2D eigenvalue weighted by Gasteiger charge is -2.31. The molecule has 1 atom stereocenters. The molecule has 130 valence electrons. The lowest BCUT2D eigenvalue weighted by molar-refractivity contribution is -0.127. The Bertz CT molecular complexity index is 496. The van der Waals surface area contributed by atoms with Crippen molar-refractivity contribution in [1.29, 1.82) is 0 Å². The van der Waals surface area contributed by atoms with Crippen LogP contribution in [0.2, 0.25) is 0 Å². The van der Waals surface area contributed by atoms with Gasteiger partial charge in [-0.3, -0.25) is 10.2 Å². The maximum absolute atomic E-state index is 12.6. The second-order valence-corrected chi connectivity index (χ2v) is 7.16. The van der Waals surface area contributed by atoms with Crippen LogP contribution in [0.3, 0.4) is 0 Å². The number of hydrogen-bond donors (Lipinski definition) is 1. The van der Waals surface area contributed by atoms with Gasteiger partial charge in [0.15, 0.2) is 0 Å². The van der Waals surface area contributed by atoms with E-state index in [0.717, 1.165) is 25.4 Å². The van der Waals surface area contributed by atoms with E-state index >= 15 is 0 Å². The van der Waals surface area contributed by atoms with Crippen LogP contribution < -0.4 is 5.43 Å². The molecule has 3 nitrogen and oxygen atoms in total. The Balaban J connectivity index is 0.00000264. The Hall–Kier alpha value is -1.06. The Morgan fingerprint density at radius 3 is 2.43 bits per heavy atom. The maximum atomic E-state index is 12.6. The first-order valence-corrected chi connectivity index (χ1v) is 8.60. The topological polar surface area (TPSA) is 32.3 Å². The van der Waals surface area contributed by atoms with Crippen molar-refractivity contribution in [2.45, 2.75) is 52.9 Å². The van der Waals surface area contributed by atoms with Crippen LogP contribution in [0.1, 0.15) is 57.6 Å². The van der Waals surface area contributed by atoms with Gasteiger partial charge in [0.2, 0.25) is 5.91 Å². The number of hydrogen-bond acceptors (Lipinski definition) is 2. The van der Waals surface area contributed by atoms with Gasteiger partial charge in [-0.1, -0.05) is 45.0 Å². The molecule has 0 aromatic heterocycles. The van der Waals surface area contributed by atoms with Crippen LogP contribution in [-0.4, -0.2) is 24.0 Å². The number of rotatable bonds is 5. The average molecular weight is 339 g/mol. The molecule has 1 saturated heterocycles. The van der Waals surface area contributed by atoms with Crippen LogP contribution >= 0.6 is 12.4 Å². The molecule has 4 heteroatoms. The van der Waals surface area contributed by atoms with Crippen LogP contribution in [0.25, 0.3) is 0 Å². The minimum Gasteiger partial charge on any atom is -0.288 e. The fraction of sp³-hybridized carbons (Fsp3) is 0.632. The number of halogens is 1. The van der Waals surface area contributed by atoms with Crippen LogP contribution in [0, 0.1) is 11.8 Å². The minimum absolute atomic E-state index is 0. The summed E-state index contributed by atoms with van der Waals surface area (Å²) in [6.45, 7) is 10.7. The molecule has 0 radical (unpaired) electrons. The molecule has 0 saturated carbocycles. The van der Waals surface area contributed by atoms with Crippen molar-refractivity contribution in [3.05, 3.63) is 35.4 Å². The summed E-state index contributed by atoms with van der Waals surface area (Å²) in [5.41, 5.74) is 5.58. The zero-order valence-corrected chi connectivity index (χ0v) is 15.7. The molecule has 1 aromatic carbocycles. The second kappa shape index (κ2) is 9.29. The summed E-state index contributed by atoms with van der Waals surface area (Å²) in [5.74, 6) is 1.39. The molecule has 1 unspecified atom stereocenters. The van der Waals surface area contributed by atoms with Crippen LogP contribution in [0.15, 0.2) is 24.3 Å². The van der Waals surface area contributed by atoms with E-state index < -0.39 is 0 Å². The van der Waals surface area contributed by atoms with Crippen molar-refractivity contribution in [3.8, 4) is 0 Å². The lowest BCUT2D eigenvalue weighted by atomic mass is 9.90. The van der Waals surface area contributed by atoms with Crippen molar-refractivity contribution in [1.82, 2.24) is 10.4 Å². The van der Waals surface area contributed by atoms with Gasteiger partial charge in [0.25, 0.3) is 0 Å². The Labute approximate surface area is 147 Å². The number of benzene rings is 1. The molecule has 1 heterocycles. The normalized spacial score (nSPS) is 17.6. The number of carbonyl (C=O) groups excluding carboxylic acids is 1. The predicted octanol–water partition coefficient (Wildman–Crippen LogP) is 4.17. The van der Waals surface area contributed by atoms with Crippen LogP contribution in [0.5, 0.6) is 0 Å². The van der Waals surface area contributed by atoms with E-state index in [1.807, 2.05) is 13.0 Å². The lowest BCUT2D eigenvalue weighted by Crippen LogP contribution is -2.47. The van der Waals surface area contributed by atoms with Gasteiger partial charge in [-0.15, -0.1) is 12.4 Å². The second-order valence-electron chi connectivity index (χ2n) is 7.16. The first-order chi connectivity index (χ1) is 10.5. The average Bonchev–Trinajstić information content (AvgIpc) is 2.49. The van der Waals surface area contributed by atoms with Crippen molar-refractivity contribution in [3.63, 3.8) is 0 Å². The number of nitrogens with one attached hydrogen (secondary N) is 1. The van der Waals surface area contributed by atoms with Crippen molar-refractivity contribution in [2.24, 2.45) is 11.8 Å². The molecule has 1 aliphatic heterocycles. The monoisotopic (exact) mass is 338 g/mol. The van der Waals surface area contributed by atoms with E-state index in [-0.39, 0.29) is 24.2 Å². The molecule has 0 aliphatic carbocycles. The first kappa shape index (κ1) is 20.0. The van der Waals surface area contributed by atoms with Crippen molar-refractivity contribution < 1.29 is 4.79 Å². The Kier molecular flexibility index (Phi) is 8.07. The van der Waals surface area contributed by atoms with Crippen LogP contribution in [0.4, 0.5) is 0 Å². The SMILES string of the molecule is CC(C)Cc1ccccc1C(C)C(=O)NN1CCC(C)CC1.Cl. The number of amides is 1. The van der Waals surface area contributed by atoms with E-state index in [1.54, 1.807) is 0 Å².